The van der Waals surface area contributed by atoms with E-state index in [1.165, 1.54) is 6.20 Å². The van der Waals surface area contributed by atoms with Crippen LogP contribution in [0.2, 0.25) is 0 Å². The Bertz CT molecular complexity index is 877. The summed E-state index contributed by atoms with van der Waals surface area (Å²) in [5, 5.41) is 6.64. The largest absolute Gasteiger partial charge is 0.494 e. The number of aromatic nitrogens is 2. The molecule has 142 valence electrons. The fraction of sp³-hybridized carbons (Fsp3) is 0.474. The molecule has 0 unspecified atom stereocenters. The van der Waals surface area contributed by atoms with Gasteiger partial charge in [-0.1, -0.05) is 12.1 Å². The number of nitrogens with zero attached hydrogens (tertiary/aromatic N) is 2. The first kappa shape index (κ1) is 18.1. The van der Waals surface area contributed by atoms with E-state index in [0.717, 1.165) is 16.7 Å². The van der Waals surface area contributed by atoms with Gasteiger partial charge in [-0.05, 0) is 51.7 Å². The van der Waals surface area contributed by atoms with Crippen molar-refractivity contribution in [1.29, 1.82) is 0 Å². The van der Waals surface area contributed by atoms with Crippen LogP contribution < -0.4 is 15.1 Å². The molecule has 1 aromatic carbocycles. The molecule has 1 aromatic heterocycles. The number of fused-ring (bicyclic) bond motifs is 1. The van der Waals surface area contributed by atoms with Crippen molar-refractivity contribution in [3.8, 4) is 5.75 Å². The van der Waals surface area contributed by atoms with Crippen LogP contribution in [0, 0.1) is 6.92 Å². The van der Waals surface area contributed by atoms with Crippen LogP contribution in [-0.4, -0.2) is 47.6 Å². The number of carbonyl (C=O) groups excluding carboxylic acids is 1. The lowest BCUT2D eigenvalue weighted by molar-refractivity contribution is 0.00578. The molecule has 8 heteroatoms. The number of aromatic amines is 1. The van der Waals surface area contributed by atoms with Crippen molar-refractivity contribution in [2.24, 2.45) is 0 Å². The Balaban J connectivity index is 1.62. The molecule has 2 aromatic rings. The van der Waals surface area contributed by atoms with E-state index in [1.807, 2.05) is 52.8 Å². The molecule has 1 N–H and O–H groups in total. The predicted molar refractivity (Wildman–Crippen MR) is 103 cm³/mol. The van der Waals surface area contributed by atoms with Crippen molar-refractivity contribution in [3.05, 3.63) is 35.7 Å². The van der Waals surface area contributed by atoms with Crippen LogP contribution in [0.4, 0.5) is 5.69 Å². The summed E-state index contributed by atoms with van der Waals surface area (Å²) in [6.45, 7) is 11.0. The second kappa shape index (κ2) is 6.10. The second-order valence-electron chi connectivity index (χ2n) is 8.05. The van der Waals surface area contributed by atoms with E-state index in [2.05, 4.69) is 10.2 Å². The van der Waals surface area contributed by atoms with Gasteiger partial charge in [0.15, 0.2) is 11.4 Å². The Morgan fingerprint density at radius 3 is 2.56 bits per heavy atom. The van der Waals surface area contributed by atoms with Gasteiger partial charge in [0.25, 0.3) is 5.91 Å². The minimum atomic E-state index is -0.426. The zero-order valence-electron chi connectivity index (χ0n) is 16.3. The summed E-state index contributed by atoms with van der Waals surface area (Å²) < 4.78 is 17.9. The molecule has 0 aliphatic carbocycles. The first-order valence-electron chi connectivity index (χ1n) is 9.14. The summed E-state index contributed by atoms with van der Waals surface area (Å²) in [5.74, 6) is 0.348. The average Bonchev–Trinajstić information content (AvgIpc) is 3.09. The molecule has 0 radical (unpaired) electrons. The first-order chi connectivity index (χ1) is 12.7. The van der Waals surface area contributed by atoms with Gasteiger partial charge in [-0.25, -0.2) is 0 Å². The molecule has 0 atom stereocenters. The molecule has 3 heterocycles. The monoisotopic (exact) mass is 369 g/mol. The third-order valence-corrected chi connectivity index (χ3v) is 5.67. The van der Waals surface area contributed by atoms with Crippen LogP contribution in [0.1, 0.15) is 43.7 Å². The Hall–Kier alpha value is -2.32. The van der Waals surface area contributed by atoms with Crippen LogP contribution in [0.25, 0.3) is 0 Å². The van der Waals surface area contributed by atoms with E-state index in [0.29, 0.717) is 24.6 Å². The molecule has 1 fully saturated rings. The van der Waals surface area contributed by atoms with Crippen LogP contribution in [-0.2, 0) is 9.31 Å². The summed E-state index contributed by atoms with van der Waals surface area (Å²) in [6.07, 6.45) is 1.53. The summed E-state index contributed by atoms with van der Waals surface area (Å²) in [5.41, 5.74) is 2.35. The highest BCUT2D eigenvalue weighted by Crippen LogP contribution is 2.37. The molecule has 0 spiro atoms. The van der Waals surface area contributed by atoms with Gasteiger partial charge in [0.1, 0.15) is 6.61 Å². The number of rotatable bonds is 2. The van der Waals surface area contributed by atoms with Gasteiger partial charge >= 0.3 is 7.12 Å². The van der Waals surface area contributed by atoms with Crippen LogP contribution in [0.15, 0.2) is 24.4 Å². The molecule has 7 nitrogen and oxygen atoms in total. The second-order valence-corrected chi connectivity index (χ2v) is 8.05. The highest BCUT2D eigenvalue weighted by Gasteiger charge is 2.51. The number of ether oxygens (including phenoxy) is 1. The number of aryl methyl sites for hydroxylation is 1. The van der Waals surface area contributed by atoms with Crippen molar-refractivity contribution in [1.82, 2.24) is 10.2 Å². The maximum atomic E-state index is 12.9. The van der Waals surface area contributed by atoms with Crippen molar-refractivity contribution >= 4 is 24.2 Å². The molecule has 0 saturated carbocycles. The molecule has 2 aliphatic heterocycles. The fourth-order valence-electron chi connectivity index (χ4n) is 3.36. The number of carbonyl (C=O) groups is 1. The minimum absolute atomic E-state index is 0.147. The van der Waals surface area contributed by atoms with Gasteiger partial charge in [0.05, 0.1) is 23.9 Å². The Kier molecular flexibility index (Phi) is 4.08. The van der Waals surface area contributed by atoms with Gasteiger partial charge in [0, 0.05) is 5.69 Å². The Labute approximate surface area is 159 Å². The third kappa shape index (κ3) is 2.93. The van der Waals surface area contributed by atoms with Crippen molar-refractivity contribution in [2.75, 3.05) is 18.1 Å². The van der Waals surface area contributed by atoms with Crippen LogP contribution in [0.5, 0.6) is 5.75 Å². The zero-order chi connectivity index (χ0) is 19.4. The van der Waals surface area contributed by atoms with Crippen molar-refractivity contribution in [2.45, 2.75) is 45.8 Å². The van der Waals surface area contributed by atoms with E-state index in [-0.39, 0.29) is 17.1 Å². The van der Waals surface area contributed by atoms with E-state index in [9.17, 15) is 4.79 Å². The summed E-state index contributed by atoms with van der Waals surface area (Å²) in [7, 11) is -0.426. The Morgan fingerprint density at radius 1 is 1.19 bits per heavy atom. The molecule has 1 amide bonds. The van der Waals surface area contributed by atoms with E-state index >= 15 is 0 Å². The molecule has 4 rings (SSSR count). The lowest BCUT2D eigenvalue weighted by atomic mass is 9.78. The average molecular weight is 369 g/mol. The highest BCUT2D eigenvalue weighted by atomic mass is 16.7. The number of benzene rings is 1. The maximum absolute atomic E-state index is 12.9. The summed E-state index contributed by atoms with van der Waals surface area (Å²) >= 11 is 0. The van der Waals surface area contributed by atoms with Gasteiger partial charge < -0.3 is 18.9 Å². The molecular formula is C19H24BN3O4. The molecular weight excluding hydrogens is 345 g/mol. The number of nitrogens with one attached hydrogen (secondary N) is 1. The van der Waals surface area contributed by atoms with Crippen molar-refractivity contribution < 1.29 is 18.8 Å². The van der Waals surface area contributed by atoms with E-state index in [1.54, 1.807) is 4.90 Å². The molecule has 27 heavy (non-hydrogen) atoms. The Morgan fingerprint density at radius 2 is 1.89 bits per heavy atom. The third-order valence-electron chi connectivity index (χ3n) is 5.67. The normalized spacial score (nSPS) is 21.0. The van der Waals surface area contributed by atoms with Crippen LogP contribution >= 0.6 is 0 Å². The van der Waals surface area contributed by atoms with E-state index in [4.69, 9.17) is 14.0 Å². The van der Waals surface area contributed by atoms with Gasteiger partial charge in [0.2, 0.25) is 0 Å². The predicted octanol–water partition coefficient (Wildman–Crippen LogP) is 2.06. The lowest BCUT2D eigenvalue weighted by Crippen LogP contribution is -2.41. The molecule has 2 aliphatic rings. The first-order valence-corrected chi connectivity index (χ1v) is 9.14. The quantitative estimate of drug-likeness (QED) is 0.820. The topological polar surface area (TPSA) is 76.7 Å². The summed E-state index contributed by atoms with van der Waals surface area (Å²) in [4.78, 5) is 14.6. The standard InChI is InChI=1S/C19H24BN3O4/c1-12-10-13(20-26-18(2,3)19(4,5)27-20)6-7-14(12)23-8-9-25-15-11-21-22-16(15)17(23)24/h6-7,10-11H,8-9H2,1-5H3,(H,21,22). The lowest BCUT2D eigenvalue weighted by Gasteiger charge is -2.32. The van der Waals surface area contributed by atoms with Gasteiger partial charge in [-0.2, -0.15) is 5.10 Å². The molecule has 0 bridgehead atoms. The summed E-state index contributed by atoms with van der Waals surface area (Å²) in [6, 6.07) is 5.91. The number of hydrogen-bond acceptors (Lipinski definition) is 5. The van der Waals surface area contributed by atoms with Gasteiger partial charge in [-0.3, -0.25) is 9.89 Å². The number of anilines is 1. The molecule has 1 saturated heterocycles. The SMILES string of the molecule is Cc1cc(B2OC(C)(C)C(C)(C)O2)ccc1N1CCOc2cn[nH]c2C1=O. The van der Waals surface area contributed by atoms with Crippen LogP contribution in [0.3, 0.4) is 0 Å². The zero-order valence-corrected chi connectivity index (χ0v) is 16.3. The number of H-pyrrole nitrogens is 1. The van der Waals surface area contributed by atoms with Crippen molar-refractivity contribution in [3.63, 3.8) is 0 Å². The smallest absolute Gasteiger partial charge is 0.488 e. The highest BCUT2D eigenvalue weighted by molar-refractivity contribution is 6.62. The number of hydrogen-bond donors (Lipinski definition) is 1. The fourth-order valence-corrected chi connectivity index (χ4v) is 3.36. The maximum Gasteiger partial charge on any atom is 0.494 e. The van der Waals surface area contributed by atoms with E-state index < -0.39 is 7.12 Å². The van der Waals surface area contributed by atoms with Gasteiger partial charge in [-0.15, -0.1) is 0 Å². The minimum Gasteiger partial charge on any atom is -0.488 e. The number of amides is 1.